The standard InChI is InChI=1S/C17H18N4/c1-21(2)17-8-9-18-12-16(17)20-11-13-7-10-19-15-6-4-3-5-14(13)15/h3-10,12,20H,11H2,1-2H3. The Kier molecular flexibility index (Phi) is 3.69. The number of nitrogens with zero attached hydrogens (tertiary/aromatic N) is 3. The molecule has 106 valence electrons. The molecule has 0 amide bonds. The first-order valence-electron chi connectivity index (χ1n) is 6.93. The van der Waals surface area contributed by atoms with Crippen molar-refractivity contribution in [1.82, 2.24) is 9.97 Å². The number of aromatic nitrogens is 2. The van der Waals surface area contributed by atoms with E-state index in [0.717, 1.165) is 23.4 Å². The van der Waals surface area contributed by atoms with Gasteiger partial charge in [0.2, 0.25) is 0 Å². The predicted octanol–water partition coefficient (Wildman–Crippen LogP) is 3.31. The molecule has 4 nitrogen and oxygen atoms in total. The van der Waals surface area contributed by atoms with E-state index in [9.17, 15) is 0 Å². The molecule has 0 fully saturated rings. The number of hydrogen-bond donors (Lipinski definition) is 1. The zero-order valence-electron chi connectivity index (χ0n) is 12.2. The van der Waals surface area contributed by atoms with E-state index < -0.39 is 0 Å². The van der Waals surface area contributed by atoms with Gasteiger partial charge in [0, 0.05) is 38.4 Å². The van der Waals surface area contributed by atoms with Crippen molar-refractivity contribution >= 4 is 22.3 Å². The molecule has 21 heavy (non-hydrogen) atoms. The van der Waals surface area contributed by atoms with Gasteiger partial charge in [0.1, 0.15) is 0 Å². The van der Waals surface area contributed by atoms with Gasteiger partial charge in [-0.05, 0) is 23.8 Å². The summed E-state index contributed by atoms with van der Waals surface area (Å²) in [4.78, 5) is 10.7. The molecule has 3 rings (SSSR count). The smallest absolute Gasteiger partial charge is 0.0766 e. The minimum Gasteiger partial charge on any atom is -0.378 e. The molecule has 0 saturated heterocycles. The molecule has 0 bridgehead atoms. The third-order valence-electron chi connectivity index (χ3n) is 3.49. The topological polar surface area (TPSA) is 41.1 Å². The van der Waals surface area contributed by atoms with Gasteiger partial charge in [-0.3, -0.25) is 9.97 Å². The van der Waals surface area contributed by atoms with Gasteiger partial charge in [0.05, 0.1) is 23.1 Å². The van der Waals surface area contributed by atoms with Crippen LogP contribution in [-0.2, 0) is 6.54 Å². The van der Waals surface area contributed by atoms with Crippen LogP contribution in [0.4, 0.5) is 11.4 Å². The Bertz CT molecular complexity index is 747. The largest absolute Gasteiger partial charge is 0.378 e. The molecule has 0 aliphatic heterocycles. The normalized spacial score (nSPS) is 10.6. The highest BCUT2D eigenvalue weighted by atomic mass is 15.1. The Hall–Kier alpha value is -2.62. The third kappa shape index (κ3) is 2.79. The van der Waals surface area contributed by atoms with E-state index in [-0.39, 0.29) is 0 Å². The molecule has 0 aliphatic carbocycles. The molecule has 1 aromatic carbocycles. The summed E-state index contributed by atoms with van der Waals surface area (Å²) in [6, 6.07) is 12.3. The first-order chi connectivity index (χ1) is 10.3. The van der Waals surface area contributed by atoms with Gasteiger partial charge in [-0.15, -0.1) is 0 Å². The van der Waals surface area contributed by atoms with Gasteiger partial charge < -0.3 is 10.2 Å². The van der Waals surface area contributed by atoms with Crippen LogP contribution in [0.2, 0.25) is 0 Å². The summed E-state index contributed by atoms with van der Waals surface area (Å²) in [6.45, 7) is 0.746. The summed E-state index contributed by atoms with van der Waals surface area (Å²) in [5, 5.41) is 4.65. The Morgan fingerprint density at radius 2 is 1.90 bits per heavy atom. The Labute approximate surface area is 124 Å². The monoisotopic (exact) mass is 278 g/mol. The number of hydrogen-bond acceptors (Lipinski definition) is 4. The van der Waals surface area contributed by atoms with Gasteiger partial charge in [-0.1, -0.05) is 18.2 Å². The Balaban J connectivity index is 1.87. The van der Waals surface area contributed by atoms with Crippen LogP contribution in [0.5, 0.6) is 0 Å². The summed E-state index contributed by atoms with van der Waals surface area (Å²) >= 11 is 0. The van der Waals surface area contributed by atoms with Crippen LogP contribution in [0.3, 0.4) is 0 Å². The second-order valence-electron chi connectivity index (χ2n) is 5.13. The van der Waals surface area contributed by atoms with Crippen molar-refractivity contribution in [2.75, 3.05) is 24.3 Å². The first-order valence-corrected chi connectivity index (χ1v) is 6.93. The van der Waals surface area contributed by atoms with Crippen LogP contribution in [0.25, 0.3) is 10.9 Å². The summed E-state index contributed by atoms with van der Waals surface area (Å²) in [5.41, 5.74) is 4.41. The number of nitrogens with one attached hydrogen (secondary N) is 1. The van der Waals surface area contributed by atoms with Crippen LogP contribution in [0, 0.1) is 0 Å². The van der Waals surface area contributed by atoms with Crippen molar-refractivity contribution in [3.05, 3.63) is 60.6 Å². The molecule has 1 N–H and O–H groups in total. The molecule has 2 aromatic heterocycles. The number of rotatable bonds is 4. The zero-order valence-corrected chi connectivity index (χ0v) is 12.2. The molecule has 0 radical (unpaired) electrons. The lowest BCUT2D eigenvalue weighted by atomic mass is 10.1. The van der Waals surface area contributed by atoms with Crippen LogP contribution >= 0.6 is 0 Å². The molecule has 0 spiro atoms. The van der Waals surface area contributed by atoms with Gasteiger partial charge in [-0.25, -0.2) is 0 Å². The zero-order chi connectivity index (χ0) is 14.7. The van der Waals surface area contributed by atoms with E-state index in [1.165, 1.54) is 10.9 Å². The maximum Gasteiger partial charge on any atom is 0.0766 e. The van der Waals surface area contributed by atoms with E-state index in [0.29, 0.717) is 0 Å². The molecule has 0 unspecified atom stereocenters. The molecule has 3 aromatic rings. The van der Waals surface area contributed by atoms with Gasteiger partial charge in [-0.2, -0.15) is 0 Å². The quantitative estimate of drug-likeness (QED) is 0.795. The fourth-order valence-electron chi connectivity index (χ4n) is 2.41. The molecule has 2 heterocycles. The van der Waals surface area contributed by atoms with Crippen LogP contribution < -0.4 is 10.2 Å². The van der Waals surface area contributed by atoms with Crippen molar-refractivity contribution in [2.45, 2.75) is 6.54 Å². The van der Waals surface area contributed by atoms with Crippen LogP contribution in [0.1, 0.15) is 5.56 Å². The average molecular weight is 278 g/mol. The van der Waals surface area contributed by atoms with Gasteiger partial charge >= 0.3 is 0 Å². The maximum atomic E-state index is 4.39. The fraction of sp³-hybridized carbons (Fsp3) is 0.176. The first kappa shape index (κ1) is 13.4. The van der Waals surface area contributed by atoms with Crippen molar-refractivity contribution < 1.29 is 0 Å². The number of benzene rings is 1. The summed E-state index contributed by atoms with van der Waals surface area (Å²) < 4.78 is 0. The molecule has 0 atom stereocenters. The lowest BCUT2D eigenvalue weighted by Crippen LogP contribution is -2.12. The van der Waals surface area contributed by atoms with Gasteiger partial charge in [0.25, 0.3) is 0 Å². The average Bonchev–Trinajstić information content (AvgIpc) is 2.53. The Morgan fingerprint density at radius 3 is 2.76 bits per heavy atom. The van der Waals surface area contributed by atoms with E-state index >= 15 is 0 Å². The Morgan fingerprint density at radius 1 is 1.05 bits per heavy atom. The minimum atomic E-state index is 0.746. The fourth-order valence-corrected chi connectivity index (χ4v) is 2.41. The highest BCUT2D eigenvalue weighted by Crippen LogP contribution is 2.24. The second-order valence-corrected chi connectivity index (χ2v) is 5.13. The molecule has 0 aliphatic rings. The number of pyridine rings is 2. The number of anilines is 2. The molecule has 4 heteroatoms. The van der Waals surface area contributed by atoms with E-state index in [1.807, 2.05) is 57.0 Å². The molecular formula is C17H18N4. The van der Waals surface area contributed by atoms with E-state index in [1.54, 1.807) is 0 Å². The summed E-state index contributed by atoms with van der Waals surface area (Å²) in [6.07, 6.45) is 5.52. The van der Waals surface area contributed by atoms with Gasteiger partial charge in [0.15, 0.2) is 0 Å². The second kappa shape index (κ2) is 5.79. The van der Waals surface area contributed by atoms with Crippen LogP contribution in [0.15, 0.2) is 55.0 Å². The van der Waals surface area contributed by atoms with Crippen molar-refractivity contribution in [1.29, 1.82) is 0 Å². The molecular weight excluding hydrogens is 260 g/mol. The SMILES string of the molecule is CN(C)c1ccncc1NCc1ccnc2ccccc12. The number of para-hydroxylation sites is 1. The summed E-state index contributed by atoms with van der Waals surface area (Å²) in [5.74, 6) is 0. The highest BCUT2D eigenvalue weighted by Gasteiger charge is 2.05. The van der Waals surface area contributed by atoms with E-state index in [4.69, 9.17) is 0 Å². The summed E-state index contributed by atoms with van der Waals surface area (Å²) in [7, 11) is 4.06. The molecule has 0 saturated carbocycles. The minimum absolute atomic E-state index is 0.746. The lowest BCUT2D eigenvalue weighted by molar-refractivity contribution is 1.09. The third-order valence-corrected chi connectivity index (χ3v) is 3.49. The lowest BCUT2D eigenvalue weighted by Gasteiger charge is -2.18. The number of fused-ring (bicyclic) bond motifs is 1. The van der Waals surface area contributed by atoms with Crippen molar-refractivity contribution in [2.24, 2.45) is 0 Å². The predicted molar refractivity (Wildman–Crippen MR) is 87.6 cm³/mol. The van der Waals surface area contributed by atoms with Crippen molar-refractivity contribution in [3.63, 3.8) is 0 Å². The van der Waals surface area contributed by atoms with E-state index in [2.05, 4.69) is 32.3 Å². The highest BCUT2D eigenvalue weighted by molar-refractivity contribution is 5.82. The van der Waals surface area contributed by atoms with Crippen molar-refractivity contribution in [3.8, 4) is 0 Å². The van der Waals surface area contributed by atoms with Crippen LogP contribution in [-0.4, -0.2) is 24.1 Å². The maximum absolute atomic E-state index is 4.39.